The van der Waals surface area contributed by atoms with Crippen LogP contribution in [0, 0.1) is 0 Å². The lowest BCUT2D eigenvalue weighted by molar-refractivity contribution is 0.482. The summed E-state index contributed by atoms with van der Waals surface area (Å²) < 4.78 is 6.59. The number of nitrogens with zero attached hydrogens (tertiary/aromatic N) is 1. The highest BCUT2D eigenvalue weighted by Gasteiger charge is 2.10. The molecule has 1 N–H and O–H groups in total. The number of nitrogens with one attached hydrogen (secondary N) is 1. The minimum Gasteiger partial charge on any atom is -0.439 e. The minimum atomic E-state index is 0.627. The van der Waals surface area contributed by atoms with Gasteiger partial charge in [-0.15, -0.1) is 0 Å². The van der Waals surface area contributed by atoms with Crippen LogP contribution in [0.1, 0.15) is 12.8 Å². The molecule has 17 heavy (non-hydrogen) atoms. The summed E-state index contributed by atoms with van der Waals surface area (Å²) in [6.07, 6.45) is 1.69. The number of oxazole rings is 1. The summed E-state index contributed by atoms with van der Waals surface area (Å²) in [5.74, 6) is 1.35. The van der Waals surface area contributed by atoms with E-state index in [0.717, 1.165) is 16.6 Å². The van der Waals surface area contributed by atoms with Gasteiger partial charge >= 0.3 is 0 Å². The van der Waals surface area contributed by atoms with E-state index in [-0.39, 0.29) is 0 Å². The van der Waals surface area contributed by atoms with Gasteiger partial charge in [0.05, 0.1) is 17.8 Å². The fourth-order valence-electron chi connectivity index (χ4n) is 1.43. The van der Waals surface area contributed by atoms with Crippen LogP contribution in [0.5, 0.6) is 0 Å². The van der Waals surface area contributed by atoms with Crippen LogP contribution in [-0.2, 0) is 6.54 Å². The summed E-state index contributed by atoms with van der Waals surface area (Å²) >= 11 is 9.53. The van der Waals surface area contributed by atoms with Crippen LogP contribution in [0.2, 0.25) is 5.02 Å². The first-order valence-corrected chi connectivity index (χ1v) is 6.48. The van der Waals surface area contributed by atoms with Gasteiger partial charge in [-0.05, 0) is 24.7 Å². The van der Waals surface area contributed by atoms with Gasteiger partial charge in [0.15, 0.2) is 5.76 Å². The Hall–Kier alpha value is -0.840. The first kappa shape index (κ1) is 12.6. The molecule has 1 aromatic heterocycles. The summed E-state index contributed by atoms with van der Waals surface area (Å²) in [5, 5.41) is 3.81. The Kier molecular flexibility index (Phi) is 4.20. The van der Waals surface area contributed by atoms with Crippen molar-refractivity contribution in [3.05, 3.63) is 39.8 Å². The molecule has 0 unspecified atom stereocenters. The Labute approximate surface area is 113 Å². The lowest BCUT2D eigenvalue weighted by Gasteiger charge is -2.01. The summed E-state index contributed by atoms with van der Waals surface area (Å²) in [6.45, 7) is 3.55. The topological polar surface area (TPSA) is 38.1 Å². The molecule has 5 heteroatoms. The van der Waals surface area contributed by atoms with Gasteiger partial charge in [0.2, 0.25) is 5.89 Å². The zero-order chi connectivity index (χ0) is 12.3. The predicted octanol–water partition coefficient (Wildman–Crippen LogP) is 3.87. The Morgan fingerprint density at radius 1 is 1.47 bits per heavy atom. The van der Waals surface area contributed by atoms with Crippen LogP contribution in [-0.4, -0.2) is 11.5 Å². The first-order valence-electron chi connectivity index (χ1n) is 5.31. The second kappa shape index (κ2) is 5.67. The standard InChI is InChI=1S/C12H12BrClN2O/c1-2-15-7-12-16-6-11(17-12)9-5-8(13)3-4-10(9)14/h3-6,15H,2,7H2,1H3. The largest absolute Gasteiger partial charge is 0.439 e. The van der Waals surface area contributed by atoms with E-state index < -0.39 is 0 Å². The Morgan fingerprint density at radius 2 is 2.29 bits per heavy atom. The number of benzene rings is 1. The van der Waals surface area contributed by atoms with E-state index in [2.05, 4.69) is 26.2 Å². The minimum absolute atomic E-state index is 0.627. The van der Waals surface area contributed by atoms with Crippen LogP contribution in [0.15, 0.2) is 33.3 Å². The zero-order valence-corrected chi connectivity index (χ0v) is 11.7. The summed E-state index contributed by atoms with van der Waals surface area (Å²) in [5.41, 5.74) is 0.844. The highest BCUT2D eigenvalue weighted by Crippen LogP contribution is 2.31. The van der Waals surface area contributed by atoms with Crippen molar-refractivity contribution < 1.29 is 4.42 Å². The molecule has 0 saturated carbocycles. The molecule has 0 radical (unpaired) electrons. The van der Waals surface area contributed by atoms with Gasteiger partial charge in [0.25, 0.3) is 0 Å². The van der Waals surface area contributed by atoms with E-state index in [1.165, 1.54) is 0 Å². The van der Waals surface area contributed by atoms with Gasteiger partial charge < -0.3 is 9.73 Å². The number of aromatic nitrogens is 1. The molecule has 1 aromatic carbocycles. The van der Waals surface area contributed by atoms with E-state index >= 15 is 0 Å². The monoisotopic (exact) mass is 314 g/mol. The van der Waals surface area contributed by atoms with Crippen molar-refractivity contribution in [2.75, 3.05) is 6.54 Å². The number of hydrogen-bond donors (Lipinski definition) is 1. The highest BCUT2D eigenvalue weighted by atomic mass is 79.9. The maximum absolute atomic E-state index is 6.12. The smallest absolute Gasteiger partial charge is 0.208 e. The molecule has 0 spiro atoms. The number of rotatable bonds is 4. The van der Waals surface area contributed by atoms with Crippen molar-refractivity contribution in [2.45, 2.75) is 13.5 Å². The van der Waals surface area contributed by atoms with Crippen molar-refractivity contribution in [1.82, 2.24) is 10.3 Å². The molecule has 1 heterocycles. The van der Waals surface area contributed by atoms with Gasteiger partial charge in [0, 0.05) is 10.0 Å². The van der Waals surface area contributed by atoms with Gasteiger partial charge in [-0.1, -0.05) is 34.5 Å². The van der Waals surface area contributed by atoms with Crippen molar-refractivity contribution in [2.24, 2.45) is 0 Å². The fraction of sp³-hybridized carbons (Fsp3) is 0.250. The third-order valence-corrected chi connectivity index (χ3v) is 3.10. The van der Waals surface area contributed by atoms with Crippen LogP contribution in [0.3, 0.4) is 0 Å². The van der Waals surface area contributed by atoms with Crippen molar-refractivity contribution >= 4 is 27.5 Å². The molecule has 2 rings (SSSR count). The van der Waals surface area contributed by atoms with E-state index in [4.69, 9.17) is 16.0 Å². The Balaban J connectivity index is 2.27. The van der Waals surface area contributed by atoms with E-state index in [9.17, 15) is 0 Å². The second-order valence-corrected chi connectivity index (χ2v) is 4.85. The summed E-state index contributed by atoms with van der Waals surface area (Å²) in [7, 11) is 0. The predicted molar refractivity (Wildman–Crippen MR) is 72.0 cm³/mol. The molecule has 0 fully saturated rings. The van der Waals surface area contributed by atoms with Gasteiger partial charge in [0.1, 0.15) is 0 Å². The van der Waals surface area contributed by atoms with Crippen LogP contribution < -0.4 is 5.32 Å². The average Bonchev–Trinajstić information content (AvgIpc) is 2.78. The van der Waals surface area contributed by atoms with Crippen molar-refractivity contribution in [3.8, 4) is 11.3 Å². The number of halogens is 2. The molecular formula is C12H12BrClN2O. The third kappa shape index (κ3) is 3.09. The van der Waals surface area contributed by atoms with Gasteiger partial charge in [-0.25, -0.2) is 4.98 Å². The molecule has 0 aliphatic carbocycles. The second-order valence-electron chi connectivity index (χ2n) is 3.52. The average molecular weight is 316 g/mol. The SMILES string of the molecule is CCNCc1ncc(-c2cc(Br)ccc2Cl)o1. The molecular weight excluding hydrogens is 304 g/mol. The van der Waals surface area contributed by atoms with Crippen molar-refractivity contribution in [1.29, 1.82) is 0 Å². The molecule has 0 aliphatic rings. The highest BCUT2D eigenvalue weighted by molar-refractivity contribution is 9.10. The molecule has 0 aliphatic heterocycles. The van der Waals surface area contributed by atoms with Crippen molar-refractivity contribution in [3.63, 3.8) is 0 Å². The molecule has 90 valence electrons. The molecule has 0 bridgehead atoms. The first-order chi connectivity index (χ1) is 8.20. The fourth-order valence-corrected chi connectivity index (χ4v) is 2.01. The van der Waals surface area contributed by atoms with E-state index in [1.807, 2.05) is 25.1 Å². The molecule has 0 atom stereocenters. The lowest BCUT2D eigenvalue weighted by Crippen LogP contribution is -2.11. The molecule has 0 amide bonds. The quantitative estimate of drug-likeness (QED) is 0.931. The summed E-state index contributed by atoms with van der Waals surface area (Å²) in [6, 6.07) is 5.63. The van der Waals surface area contributed by atoms with Gasteiger partial charge in [-0.2, -0.15) is 0 Å². The normalized spacial score (nSPS) is 10.8. The lowest BCUT2D eigenvalue weighted by atomic mass is 10.2. The third-order valence-electron chi connectivity index (χ3n) is 2.27. The maximum Gasteiger partial charge on any atom is 0.208 e. The molecule has 0 saturated heterocycles. The maximum atomic E-state index is 6.12. The van der Waals surface area contributed by atoms with Crippen LogP contribution >= 0.6 is 27.5 Å². The van der Waals surface area contributed by atoms with Crippen LogP contribution in [0.4, 0.5) is 0 Å². The van der Waals surface area contributed by atoms with E-state index in [1.54, 1.807) is 6.20 Å². The number of hydrogen-bond acceptors (Lipinski definition) is 3. The summed E-state index contributed by atoms with van der Waals surface area (Å²) in [4.78, 5) is 4.20. The zero-order valence-electron chi connectivity index (χ0n) is 9.34. The van der Waals surface area contributed by atoms with Gasteiger partial charge in [-0.3, -0.25) is 0 Å². The molecule has 2 aromatic rings. The van der Waals surface area contributed by atoms with E-state index in [0.29, 0.717) is 23.2 Å². The Bertz CT molecular complexity index is 513. The molecule has 3 nitrogen and oxygen atoms in total. The van der Waals surface area contributed by atoms with Crippen LogP contribution in [0.25, 0.3) is 11.3 Å². The Morgan fingerprint density at radius 3 is 3.06 bits per heavy atom.